The lowest BCUT2D eigenvalue weighted by molar-refractivity contribution is 0.563. The molecule has 214 valence electrons. The maximum absolute atomic E-state index is 5.13. The molecule has 2 nitrogen and oxygen atoms in total. The minimum Gasteiger partial charge on any atom is -0.292 e. The molecule has 0 N–H and O–H groups in total. The third kappa shape index (κ3) is 5.70. The Balaban J connectivity index is 1.70. The molecular weight excluding hydrogens is 520 g/mol. The van der Waals surface area contributed by atoms with Crippen molar-refractivity contribution in [2.24, 2.45) is 0 Å². The predicted octanol–water partition coefficient (Wildman–Crippen LogP) is 11.1. The Bertz CT molecular complexity index is 1810. The summed E-state index contributed by atoms with van der Waals surface area (Å²) in [7, 11) is 0. The van der Waals surface area contributed by atoms with E-state index in [0.717, 1.165) is 22.6 Å². The van der Waals surface area contributed by atoms with E-state index in [1.165, 1.54) is 39.1 Å². The maximum Gasteiger partial charge on any atom is 0.145 e. The molecule has 0 bridgehead atoms. The van der Waals surface area contributed by atoms with Gasteiger partial charge in [0.1, 0.15) is 5.82 Å². The fourth-order valence-electron chi connectivity index (χ4n) is 5.88. The number of nitrogens with zero attached hydrogens (tertiary/aromatic N) is 2. The van der Waals surface area contributed by atoms with Gasteiger partial charge in [0.2, 0.25) is 0 Å². The molecule has 0 aliphatic rings. The van der Waals surface area contributed by atoms with E-state index < -0.39 is 0 Å². The van der Waals surface area contributed by atoms with E-state index in [1.54, 1.807) is 0 Å². The van der Waals surface area contributed by atoms with E-state index in [0.29, 0.717) is 0 Å². The summed E-state index contributed by atoms with van der Waals surface area (Å²) in [5.74, 6) is 0.948. The van der Waals surface area contributed by atoms with Gasteiger partial charge < -0.3 is 0 Å². The summed E-state index contributed by atoms with van der Waals surface area (Å²) in [5.41, 5.74) is 11.8. The molecule has 0 aliphatic carbocycles. The first-order chi connectivity index (χ1) is 20.6. The minimum atomic E-state index is -0.124. The van der Waals surface area contributed by atoms with Gasteiger partial charge in [-0.25, -0.2) is 4.98 Å². The van der Waals surface area contributed by atoms with Crippen LogP contribution in [-0.2, 0) is 10.8 Å². The zero-order valence-electron chi connectivity index (χ0n) is 26.1. The van der Waals surface area contributed by atoms with Gasteiger partial charge in [-0.05, 0) is 62.4 Å². The number of rotatable bonds is 5. The fourth-order valence-corrected chi connectivity index (χ4v) is 5.88. The molecule has 0 atom stereocenters. The third-order valence-electron chi connectivity index (χ3n) is 8.12. The third-order valence-corrected chi connectivity index (χ3v) is 8.12. The van der Waals surface area contributed by atoms with Crippen LogP contribution < -0.4 is 0 Å². The van der Waals surface area contributed by atoms with Gasteiger partial charge in [-0.3, -0.25) is 4.57 Å². The lowest BCUT2D eigenvalue weighted by atomic mass is 9.76. The first-order valence-corrected chi connectivity index (χ1v) is 15.1. The second-order valence-corrected chi connectivity index (χ2v) is 13.4. The van der Waals surface area contributed by atoms with Crippen molar-refractivity contribution in [2.45, 2.75) is 52.4 Å². The molecule has 1 heterocycles. The largest absolute Gasteiger partial charge is 0.292 e. The van der Waals surface area contributed by atoms with Gasteiger partial charge in [0, 0.05) is 11.1 Å². The Morgan fingerprint density at radius 3 is 1.40 bits per heavy atom. The minimum absolute atomic E-state index is 0.124. The molecule has 0 unspecified atom stereocenters. The summed E-state index contributed by atoms with van der Waals surface area (Å²) in [4.78, 5) is 5.13. The van der Waals surface area contributed by atoms with Gasteiger partial charge in [-0.1, -0.05) is 151 Å². The van der Waals surface area contributed by atoms with Crippen molar-refractivity contribution in [2.75, 3.05) is 0 Å². The number of aromatic nitrogens is 2. The van der Waals surface area contributed by atoms with Crippen LogP contribution in [0.4, 0.5) is 0 Å². The Morgan fingerprint density at radius 1 is 0.442 bits per heavy atom. The van der Waals surface area contributed by atoms with E-state index in [-0.39, 0.29) is 10.8 Å². The maximum atomic E-state index is 5.13. The second-order valence-electron chi connectivity index (χ2n) is 13.4. The zero-order valence-corrected chi connectivity index (χ0v) is 26.1. The van der Waals surface area contributed by atoms with Crippen molar-refractivity contribution in [1.29, 1.82) is 0 Å². The van der Waals surface area contributed by atoms with E-state index in [1.807, 2.05) is 0 Å². The molecule has 1 aromatic heterocycles. The highest BCUT2D eigenvalue weighted by Crippen LogP contribution is 2.44. The highest BCUT2D eigenvalue weighted by molar-refractivity contribution is 5.78. The van der Waals surface area contributed by atoms with Crippen molar-refractivity contribution in [3.05, 3.63) is 145 Å². The first kappa shape index (κ1) is 28.4. The fraction of sp³-hybridized carbons (Fsp3) is 0.195. The van der Waals surface area contributed by atoms with Crippen molar-refractivity contribution in [3.8, 4) is 50.6 Å². The van der Waals surface area contributed by atoms with Gasteiger partial charge >= 0.3 is 0 Å². The van der Waals surface area contributed by atoms with Gasteiger partial charge in [0.25, 0.3) is 0 Å². The second kappa shape index (κ2) is 11.2. The molecule has 5 aromatic carbocycles. The van der Waals surface area contributed by atoms with Crippen LogP contribution in [0.15, 0.2) is 134 Å². The summed E-state index contributed by atoms with van der Waals surface area (Å²) in [6, 6.07) is 45.6. The van der Waals surface area contributed by atoms with E-state index in [2.05, 4.69) is 180 Å². The topological polar surface area (TPSA) is 17.8 Å². The lowest BCUT2D eigenvalue weighted by Gasteiger charge is -2.33. The van der Waals surface area contributed by atoms with Crippen molar-refractivity contribution in [1.82, 2.24) is 9.55 Å². The standard InChI is InChI=1S/C41H40N2/c1-40(2,3)35-26-34(30-19-12-8-13-20-30)27-36(41(4,5)6)38(35)43-37(28-42-39(43)31-21-14-9-15-22-31)33-24-16-23-32(25-33)29-17-10-7-11-18-29/h7-28H,1-6H3. The summed E-state index contributed by atoms with van der Waals surface area (Å²) >= 11 is 0. The van der Waals surface area contributed by atoms with Crippen LogP contribution in [0.2, 0.25) is 0 Å². The predicted molar refractivity (Wildman–Crippen MR) is 183 cm³/mol. The normalized spacial score (nSPS) is 12.0. The molecule has 43 heavy (non-hydrogen) atoms. The van der Waals surface area contributed by atoms with Crippen molar-refractivity contribution in [3.63, 3.8) is 0 Å². The SMILES string of the molecule is CC(C)(C)c1cc(-c2ccccc2)cc(C(C)(C)C)c1-n1c(-c2cccc(-c3ccccc3)c2)cnc1-c1ccccc1. The molecule has 6 rings (SSSR count). The van der Waals surface area contributed by atoms with Gasteiger partial charge in [-0.2, -0.15) is 0 Å². The van der Waals surface area contributed by atoms with Crippen LogP contribution in [0.1, 0.15) is 52.7 Å². The van der Waals surface area contributed by atoms with Gasteiger partial charge in [-0.15, -0.1) is 0 Å². The zero-order chi connectivity index (χ0) is 30.2. The highest BCUT2D eigenvalue weighted by atomic mass is 15.1. The average Bonchev–Trinajstić information content (AvgIpc) is 3.46. The Morgan fingerprint density at radius 2 is 0.884 bits per heavy atom. The number of hydrogen-bond acceptors (Lipinski definition) is 1. The summed E-state index contributed by atoms with van der Waals surface area (Å²) < 4.78 is 2.43. The van der Waals surface area contributed by atoms with Gasteiger partial charge in [0.05, 0.1) is 17.6 Å². The van der Waals surface area contributed by atoms with Gasteiger partial charge in [0.15, 0.2) is 0 Å². The van der Waals surface area contributed by atoms with Crippen LogP contribution in [-0.4, -0.2) is 9.55 Å². The van der Waals surface area contributed by atoms with Crippen LogP contribution in [0.25, 0.3) is 50.6 Å². The van der Waals surface area contributed by atoms with Crippen molar-refractivity contribution < 1.29 is 0 Å². The summed E-state index contributed by atoms with van der Waals surface area (Å²) in [5, 5.41) is 0. The van der Waals surface area contributed by atoms with Crippen LogP contribution in [0, 0.1) is 0 Å². The van der Waals surface area contributed by atoms with Crippen LogP contribution in [0.5, 0.6) is 0 Å². The quantitative estimate of drug-likeness (QED) is 0.205. The molecular formula is C41H40N2. The molecule has 0 fully saturated rings. The number of benzene rings is 5. The summed E-state index contributed by atoms with van der Waals surface area (Å²) in [6.45, 7) is 13.9. The monoisotopic (exact) mass is 560 g/mol. The molecule has 0 amide bonds. The molecule has 6 aromatic rings. The van der Waals surface area contributed by atoms with E-state index in [4.69, 9.17) is 4.98 Å². The number of hydrogen-bond donors (Lipinski definition) is 0. The average molecular weight is 561 g/mol. The molecule has 0 aliphatic heterocycles. The molecule has 2 heteroatoms. The highest BCUT2D eigenvalue weighted by Gasteiger charge is 2.31. The lowest BCUT2D eigenvalue weighted by Crippen LogP contribution is -2.23. The smallest absolute Gasteiger partial charge is 0.145 e. The van der Waals surface area contributed by atoms with E-state index >= 15 is 0 Å². The number of imidazole rings is 1. The summed E-state index contributed by atoms with van der Waals surface area (Å²) in [6.07, 6.45) is 2.05. The van der Waals surface area contributed by atoms with Crippen LogP contribution >= 0.6 is 0 Å². The molecule has 0 spiro atoms. The van der Waals surface area contributed by atoms with E-state index in [9.17, 15) is 0 Å². The molecule has 0 saturated carbocycles. The Kier molecular flexibility index (Phi) is 7.40. The molecule has 0 saturated heterocycles. The van der Waals surface area contributed by atoms with Crippen molar-refractivity contribution >= 4 is 0 Å². The first-order valence-electron chi connectivity index (χ1n) is 15.1. The molecule has 0 radical (unpaired) electrons. The Hall–Kier alpha value is -4.69. The van der Waals surface area contributed by atoms with Crippen LogP contribution in [0.3, 0.4) is 0 Å². The Labute approximate surface area is 256 Å².